The molecule has 0 aromatic heterocycles. The first-order chi connectivity index (χ1) is 13.1. The van der Waals surface area contributed by atoms with Gasteiger partial charge in [0, 0.05) is 13.1 Å². The van der Waals surface area contributed by atoms with Crippen molar-refractivity contribution in [1.29, 1.82) is 0 Å². The number of methoxy groups -OCH3 is 1. The normalized spacial score (nSPS) is 16.3. The van der Waals surface area contributed by atoms with E-state index in [0.29, 0.717) is 30.0 Å². The molecule has 150 valence electrons. The Morgan fingerprint density at radius 3 is 2.56 bits per heavy atom. The Hall–Kier alpha value is -2.44. The SMILES string of the molecule is CN=C(NCC(=O)NC1CCCCC1)NCC(C)Oc1ccccc1OC. The highest BCUT2D eigenvalue weighted by atomic mass is 16.5. The van der Waals surface area contributed by atoms with Gasteiger partial charge in [0.1, 0.15) is 6.10 Å². The van der Waals surface area contributed by atoms with Gasteiger partial charge in [0.2, 0.25) is 5.91 Å². The summed E-state index contributed by atoms with van der Waals surface area (Å²) in [5.74, 6) is 1.97. The van der Waals surface area contributed by atoms with Crippen LogP contribution in [0.1, 0.15) is 39.0 Å². The minimum absolute atomic E-state index is 0.00294. The number of hydrogen-bond acceptors (Lipinski definition) is 4. The predicted octanol–water partition coefficient (Wildman–Crippen LogP) is 2.08. The topological polar surface area (TPSA) is 84.0 Å². The van der Waals surface area contributed by atoms with E-state index in [1.54, 1.807) is 14.2 Å². The summed E-state index contributed by atoms with van der Waals surface area (Å²) in [6.07, 6.45) is 5.73. The Kier molecular flexibility index (Phi) is 8.74. The van der Waals surface area contributed by atoms with Crippen LogP contribution >= 0.6 is 0 Å². The lowest BCUT2D eigenvalue weighted by Crippen LogP contribution is -2.47. The van der Waals surface area contributed by atoms with Gasteiger partial charge < -0.3 is 25.4 Å². The van der Waals surface area contributed by atoms with Crippen LogP contribution < -0.4 is 25.4 Å². The Morgan fingerprint density at radius 1 is 1.19 bits per heavy atom. The van der Waals surface area contributed by atoms with Gasteiger partial charge >= 0.3 is 0 Å². The number of guanidine groups is 1. The number of rotatable bonds is 8. The zero-order chi connectivity index (χ0) is 19.5. The maximum Gasteiger partial charge on any atom is 0.239 e. The molecule has 7 heteroatoms. The van der Waals surface area contributed by atoms with Gasteiger partial charge in [-0.3, -0.25) is 9.79 Å². The lowest BCUT2D eigenvalue weighted by molar-refractivity contribution is -0.120. The summed E-state index contributed by atoms with van der Waals surface area (Å²) in [6.45, 7) is 2.71. The molecule has 0 radical (unpaired) electrons. The first kappa shape index (κ1) is 20.9. The Labute approximate surface area is 161 Å². The van der Waals surface area contributed by atoms with E-state index in [9.17, 15) is 4.79 Å². The Balaban J connectivity index is 1.70. The Bertz CT molecular complexity index is 615. The highest BCUT2D eigenvalue weighted by Crippen LogP contribution is 2.26. The van der Waals surface area contributed by atoms with Crippen LogP contribution in [-0.4, -0.2) is 51.3 Å². The van der Waals surface area contributed by atoms with Gasteiger partial charge in [-0.1, -0.05) is 31.4 Å². The standard InChI is InChI=1S/C20H32N4O3/c1-15(27-18-12-8-7-11-17(18)26-3)13-22-20(21-2)23-14-19(25)24-16-9-5-4-6-10-16/h7-8,11-12,15-16H,4-6,9-10,13-14H2,1-3H3,(H,24,25)(H2,21,22,23). The highest BCUT2D eigenvalue weighted by molar-refractivity contribution is 5.86. The van der Waals surface area contributed by atoms with Crippen molar-refractivity contribution in [3.63, 3.8) is 0 Å². The van der Waals surface area contributed by atoms with E-state index in [4.69, 9.17) is 9.47 Å². The molecule has 1 aliphatic carbocycles. The minimum atomic E-state index is -0.101. The van der Waals surface area contributed by atoms with E-state index in [1.807, 2.05) is 31.2 Å². The molecule has 1 amide bonds. The average Bonchev–Trinajstić information content (AvgIpc) is 2.69. The average molecular weight is 377 g/mol. The fraction of sp³-hybridized carbons (Fsp3) is 0.600. The van der Waals surface area contributed by atoms with Crippen molar-refractivity contribution in [2.75, 3.05) is 27.2 Å². The molecule has 1 fully saturated rings. The lowest BCUT2D eigenvalue weighted by atomic mass is 9.95. The largest absolute Gasteiger partial charge is 0.493 e. The molecule has 1 atom stereocenters. The van der Waals surface area contributed by atoms with Crippen LogP contribution in [0.3, 0.4) is 0 Å². The third kappa shape index (κ3) is 7.37. The summed E-state index contributed by atoms with van der Waals surface area (Å²) < 4.78 is 11.2. The van der Waals surface area contributed by atoms with E-state index in [1.165, 1.54) is 19.3 Å². The minimum Gasteiger partial charge on any atom is -0.493 e. The van der Waals surface area contributed by atoms with Crippen LogP contribution in [0.4, 0.5) is 0 Å². The van der Waals surface area contributed by atoms with Gasteiger partial charge in [0.25, 0.3) is 0 Å². The van der Waals surface area contributed by atoms with Crippen molar-refractivity contribution >= 4 is 11.9 Å². The van der Waals surface area contributed by atoms with Crippen molar-refractivity contribution in [2.45, 2.75) is 51.2 Å². The van der Waals surface area contributed by atoms with E-state index in [0.717, 1.165) is 12.8 Å². The highest BCUT2D eigenvalue weighted by Gasteiger charge is 2.16. The number of carbonyl (C=O) groups excluding carboxylic acids is 1. The maximum atomic E-state index is 12.1. The van der Waals surface area contributed by atoms with Gasteiger partial charge in [-0.25, -0.2) is 0 Å². The zero-order valence-corrected chi connectivity index (χ0v) is 16.6. The molecule has 2 rings (SSSR count). The molecule has 1 saturated carbocycles. The fourth-order valence-electron chi connectivity index (χ4n) is 3.13. The number of carbonyl (C=O) groups is 1. The first-order valence-electron chi connectivity index (χ1n) is 9.66. The number of para-hydroxylation sites is 2. The van der Waals surface area contributed by atoms with Gasteiger partial charge in [0.15, 0.2) is 17.5 Å². The zero-order valence-electron chi connectivity index (χ0n) is 16.6. The number of benzene rings is 1. The summed E-state index contributed by atoms with van der Waals surface area (Å²) in [5, 5.41) is 9.31. The number of nitrogens with zero attached hydrogens (tertiary/aromatic N) is 1. The first-order valence-corrected chi connectivity index (χ1v) is 9.66. The predicted molar refractivity (Wildman–Crippen MR) is 107 cm³/mol. The van der Waals surface area contributed by atoms with E-state index in [-0.39, 0.29) is 18.6 Å². The number of aliphatic imine (C=N–C) groups is 1. The third-order valence-corrected chi connectivity index (χ3v) is 4.56. The monoisotopic (exact) mass is 376 g/mol. The molecule has 0 aliphatic heterocycles. The van der Waals surface area contributed by atoms with E-state index >= 15 is 0 Å². The molecule has 0 heterocycles. The molecule has 1 aromatic carbocycles. The van der Waals surface area contributed by atoms with Gasteiger partial charge in [0.05, 0.1) is 20.2 Å². The van der Waals surface area contributed by atoms with Crippen molar-refractivity contribution in [2.24, 2.45) is 4.99 Å². The van der Waals surface area contributed by atoms with Crippen molar-refractivity contribution in [1.82, 2.24) is 16.0 Å². The summed E-state index contributed by atoms with van der Waals surface area (Å²) >= 11 is 0. The number of hydrogen-bond donors (Lipinski definition) is 3. The Morgan fingerprint density at radius 2 is 1.89 bits per heavy atom. The molecule has 1 aromatic rings. The molecular weight excluding hydrogens is 344 g/mol. The quantitative estimate of drug-likeness (QED) is 0.478. The van der Waals surface area contributed by atoms with Gasteiger partial charge in [-0.2, -0.15) is 0 Å². The van der Waals surface area contributed by atoms with Crippen LogP contribution in [0.2, 0.25) is 0 Å². The van der Waals surface area contributed by atoms with E-state index in [2.05, 4.69) is 20.9 Å². The summed E-state index contributed by atoms with van der Waals surface area (Å²) in [4.78, 5) is 16.2. The molecule has 27 heavy (non-hydrogen) atoms. The van der Waals surface area contributed by atoms with Crippen LogP contribution in [0.15, 0.2) is 29.3 Å². The summed E-state index contributed by atoms with van der Waals surface area (Å²) in [5.41, 5.74) is 0. The maximum absolute atomic E-state index is 12.1. The second kappa shape index (κ2) is 11.3. The third-order valence-electron chi connectivity index (χ3n) is 4.56. The molecule has 7 nitrogen and oxygen atoms in total. The van der Waals surface area contributed by atoms with Crippen molar-refractivity contribution in [3.8, 4) is 11.5 Å². The summed E-state index contributed by atoms with van der Waals surface area (Å²) in [7, 11) is 3.30. The second-order valence-electron chi connectivity index (χ2n) is 6.79. The lowest BCUT2D eigenvalue weighted by Gasteiger charge is -2.23. The number of ether oxygens (including phenoxy) is 2. The van der Waals surface area contributed by atoms with Crippen LogP contribution in [-0.2, 0) is 4.79 Å². The molecule has 3 N–H and O–H groups in total. The van der Waals surface area contributed by atoms with Gasteiger partial charge in [-0.05, 0) is 31.9 Å². The molecule has 1 unspecified atom stereocenters. The van der Waals surface area contributed by atoms with Crippen LogP contribution in [0.5, 0.6) is 11.5 Å². The second-order valence-corrected chi connectivity index (χ2v) is 6.79. The smallest absolute Gasteiger partial charge is 0.239 e. The van der Waals surface area contributed by atoms with E-state index < -0.39 is 0 Å². The molecular formula is C20H32N4O3. The summed E-state index contributed by atoms with van der Waals surface area (Å²) in [6, 6.07) is 7.86. The molecule has 0 saturated heterocycles. The molecule has 0 bridgehead atoms. The molecule has 1 aliphatic rings. The fourth-order valence-corrected chi connectivity index (χ4v) is 3.13. The molecule has 0 spiro atoms. The van der Waals surface area contributed by atoms with Crippen molar-refractivity contribution in [3.05, 3.63) is 24.3 Å². The van der Waals surface area contributed by atoms with Gasteiger partial charge in [-0.15, -0.1) is 0 Å². The number of nitrogens with one attached hydrogen (secondary N) is 3. The number of amides is 1. The van der Waals surface area contributed by atoms with Crippen LogP contribution in [0.25, 0.3) is 0 Å². The van der Waals surface area contributed by atoms with Crippen LogP contribution in [0, 0.1) is 0 Å². The van der Waals surface area contributed by atoms with Crippen molar-refractivity contribution < 1.29 is 14.3 Å².